The maximum absolute atomic E-state index is 13.8. The number of nitrogens with one attached hydrogen (secondary N) is 1. The van der Waals surface area contributed by atoms with E-state index in [2.05, 4.69) is 21.9 Å². The van der Waals surface area contributed by atoms with Gasteiger partial charge in [-0.2, -0.15) is 12.7 Å². The van der Waals surface area contributed by atoms with Gasteiger partial charge in [-0.25, -0.2) is 9.10 Å². The molecule has 0 unspecified atom stereocenters. The standard InChI is InChI=1S/C30H49N7O9S/c1-30(2,3)46-29(39)34(5)22-23-8-7-9-24-26(23)45-21-20-44-19-18-43-17-14-37(11-10-36-12-15-42-16-13-36)47(40,41)35(6)27(31)25(32-4)28(38)33-24/h7-9H,4,10-22,31H2,1-3,5-6H3,(H,33,38)/b27-25-. The average Bonchev–Trinajstić information content (AvgIpc) is 3.01. The van der Waals surface area contributed by atoms with Crippen molar-refractivity contribution in [2.24, 2.45) is 10.7 Å². The molecule has 17 heteroatoms. The van der Waals surface area contributed by atoms with Crippen molar-refractivity contribution >= 4 is 34.6 Å². The molecule has 2 aliphatic heterocycles. The molecule has 0 spiro atoms. The molecular formula is C30H49N7O9S. The van der Waals surface area contributed by atoms with E-state index in [0.717, 1.165) is 4.31 Å². The number of carbonyl (C=O) groups excluding carboxylic acids is 2. The van der Waals surface area contributed by atoms with Crippen LogP contribution in [0, 0.1) is 0 Å². The molecule has 3 N–H and O–H groups in total. The lowest BCUT2D eigenvalue weighted by Gasteiger charge is -2.32. The molecule has 0 saturated carbocycles. The Morgan fingerprint density at radius 2 is 1.66 bits per heavy atom. The summed E-state index contributed by atoms with van der Waals surface area (Å²) in [6.07, 6.45) is -0.542. The van der Waals surface area contributed by atoms with Gasteiger partial charge >= 0.3 is 16.3 Å². The summed E-state index contributed by atoms with van der Waals surface area (Å²) in [6, 6.07) is 5.02. The van der Waals surface area contributed by atoms with Crippen LogP contribution in [0.2, 0.25) is 0 Å². The molecule has 16 nitrogen and oxygen atoms in total. The number of nitrogens with two attached hydrogens (primary N) is 1. The minimum Gasteiger partial charge on any atom is -0.489 e. The van der Waals surface area contributed by atoms with Crippen molar-refractivity contribution in [2.45, 2.75) is 32.9 Å². The molecule has 0 radical (unpaired) electrons. The van der Waals surface area contributed by atoms with Crippen LogP contribution < -0.4 is 15.8 Å². The third-order valence-corrected chi connectivity index (χ3v) is 9.09. The molecule has 0 bridgehead atoms. The van der Waals surface area contributed by atoms with Crippen LogP contribution in [0.4, 0.5) is 10.5 Å². The number of morpholine rings is 1. The molecule has 0 aromatic heterocycles. The van der Waals surface area contributed by atoms with Crippen molar-refractivity contribution in [1.82, 2.24) is 18.4 Å². The van der Waals surface area contributed by atoms with Crippen LogP contribution in [0.1, 0.15) is 26.3 Å². The van der Waals surface area contributed by atoms with E-state index < -0.39 is 39.3 Å². The van der Waals surface area contributed by atoms with Gasteiger partial charge in [0.1, 0.15) is 23.8 Å². The number of aliphatic imine (C=N–C) groups is 1. The summed E-state index contributed by atoms with van der Waals surface area (Å²) in [5.74, 6) is -0.968. The molecule has 2 amide bonds. The molecule has 1 aromatic carbocycles. The highest BCUT2D eigenvalue weighted by Crippen LogP contribution is 2.31. The normalized spacial score (nSPS) is 21.4. The first-order valence-electron chi connectivity index (χ1n) is 15.4. The third kappa shape index (κ3) is 11.3. The molecule has 0 aliphatic carbocycles. The molecule has 264 valence electrons. The lowest BCUT2D eigenvalue weighted by molar-refractivity contribution is -0.113. The Labute approximate surface area is 277 Å². The summed E-state index contributed by atoms with van der Waals surface area (Å²) in [5, 5.41) is 2.72. The number of benzene rings is 1. The molecule has 2 heterocycles. The fourth-order valence-corrected chi connectivity index (χ4v) is 5.95. The fourth-order valence-electron chi connectivity index (χ4n) is 4.65. The monoisotopic (exact) mass is 683 g/mol. The minimum atomic E-state index is -4.23. The number of para-hydroxylation sites is 1. The number of nitrogens with zero attached hydrogens (tertiary/aromatic N) is 5. The summed E-state index contributed by atoms with van der Waals surface area (Å²) >= 11 is 0. The maximum Gasteiger partial charge on any atom is 0.410 e. The predicted molar refractivity (Wildman–Crippen MR) is 176 cm³/mol. The average molecular weight is 684 g/mol. The van der Waals surface area contributed by atoms with Gasteiger partial charge in [0, 0.05) is 52.4 Å². The predicted octanol–water partition coefficient (Wildman–Crippen LogP) is 1.06. The van der Waals surface area contributed by atoms with Gasteiger partial charge in [0.2, 0.25) is 0 Å². The number of ether oxygens (including phenoxy) is 5. The van der Waals surface area contributed by atoms with E-state index >= 15 is 0 Å². The zero-order chi connectivity index (χ0) is 34.6. The van der Waals surface area contributed by atoms with Crippen LogP contribution in [0.15, 0.2) is 34.7 Å². The van der Waals surface area contributed by atoms with Crippen LogP contribution in [0.3, 0.4) is 0 Å². The Morgan fingerprint density at radius 3 is 2.32 bits per heavy atom. The van der Waals surface area contributed by atoms with E-state index in [-0.39, 0.29) is 64.1 Å². The first kappa shape index (κ1) is 38.0. The van der Waals surface area contributed by atoms with E-state index in [4.69, 9.17) is 29.4 Å². The van der Waals surface area contributed by atoms with Crippen molar-refractivity contribution < 1.29 is 41.7 Å². The van der Waals surface area contributed by atoms with Crippen molar-refractivity contribution in [3.63, 3.8) is 0 Å². The highest BCUT2D eigenvalue weighted by Gasteiger charge is 2.31. The molecule has 3 rings (SSSR count). The van der Waals surface area contributed by atoms with Crippen molar-refractivity contribution in [2.75, 3.05) is 98.4 Å². The van der Waals surface area contributed by atoms with E-state index in [0.29, 0.717) is 38.4 Å². The van der Waals surface area contributed by atoms with Crippen LogP contribution in [-0.4, -0.2) is 144 Å². The molecule has 0 atom stereocenters. The Hall–Kier alpha value is -3.48. The first-order chi connectivity index (χ1) is 22.2. The van der Waals surface area contributed by atoms with Gasteiger partial charge in [0.05, 0.1) is 51.9 Å². The van der Waals surface area contributed by atoms with Gasteiger partial charge in [-0.15, -0.1) is 0 Å². The highest BCUT2D eigenvalue weighted by molar-refractivity contribution is 7.86. The SMILES string of the molecule is C=N/C1=C(/N)N(C)S(=O)(=O)N(CCN2CCOCC2)CCOCCOCCOc2c(CN(C)C(=O)OC(C)(C)C)cccc2NC1=O. The van der Waals surface area contributed by atoms with Crippen molar-refractivity contribution in [3.05, 3.63) is 35.3 Å². The Morgan fingerprint density at radius 1 is 1.04 bits per heavy atom. The molecular weight excluding hydrogens is 634 g/mol. The van der Waals surface area contributed by atoms with Crippen LogP contribution in [-0.2, 0) is 40.5 Å². The summed E-state index contributed by atoms with van der Waals surface area (Å²) < 4.78 is 58.0. The zero-order valence-corrected chi connectivity index (χ0v) is 28.8. The maximum atomic E-state index is 13.8. The van der Waals surface area contributed by atoms with Gasteiger partial charge in [0.25, 0.3) is 5.91 Å². The number of carbonyl (C=O) groups is 2. The van der Waals surface area contributed by atoms with E-state index in [9.17, 15) is 18.0 Å². The van der Waals surface area contributed by atoms with Crippen molar-refractivity contribution in [3.8, 4) is 5.75 Å². The van der Waals surface area contributed by atoms with Gasteiger partial charge in [-0.1, -0.05) is 12.1 Å². The van der Waals surface area contributed by atoms with Gasteiger partial charge in [-0.05, 0) is 33.6 Å². The second kappa shape index (κ2) is 17.6. The van der Waals surface area contributed by atoms with Crippen LogP contribution >= 0.6 is 0 Å². The second-order valence-corrected chi connectivity index (χ2v) is 13.8. The van der Waals surface area contributed by atoms with Crippen molar-refractivity contribution in [1.29, 1.82) is 0 Å². The van der Waals surface area contributed by atoms with E-state index in [1.807, 2.05) is 0 Å². The summed E-state index contributed by atoms with van der Waals surface area (Å²) in [6.45, 7) is 13.0. The first-order valence-corrected chi connectivity index (χ1v) is 16.8. The molecule has 1 fully saturated rings. The minimum absolute atomic E-state index is 0.0460. The topological polar surface area (TPSA) is 178 Å². The zero-order valence-electron chi connectivity index (χ0n) is 28.0. The summed E-state index contributed by atoms with van der Waals surface area (Å²) in [5.41, 5.74) is 5.99. The van der Waals surface area contributed by atoms with Gasteiger partial charge in [0.15, 0.2) is 5.70 Å². The Balaban J connectivity index is 1.93. The highest BCUT2D eigenvalue weighted by atomic mass is 32.2. The number of hydrogen-bond acceptors (Lipinski definition) is 12. The summed E-state index contributed by atoms with van der Waals surface area (Å²) in [7, 11) is -1.39. The lowest BCUT2D eigenvalue weighted by Crippen LogP contribution is -2.49. The number of anilines is 1. The quantitative estimate of drug-likeness (QED) is 0.410. The third-order valence-electron chi connectivity index (χ3n) is 7.19. The fraction of sp³-hybridized carbons (Fsp3) is 0.633. The van der Waals surface area contributed by atoms with Gasteiger partial charge < -0.3 is 39.6 Å². The van der Waals surface area contributed by atoms with E-state index in [1.54, 1.807) is 46.0 Å². The molecule has 2 aliphatic rings. The molecule has 47 heavy (non-hydrogen) atoms. The number of amides is 2. The van der Waals surface area contributed by atoms with Crippen LogP contribution in [0.25, 0.3) is 0 Å². The molecule has 1 saturated heterocycles. The summed E-state index contributed by atoms with van der Waals surface area (Å²) in [4.78, 5) is 33.5. The number of rotatable bonds is 6. The lowest BCUT2D eigenvalue weighted by atomic mass is 10.1. The molecule has 1 aromatic rings. The smallest absolute Gasteiger partial charge is 0.410 e. The number of fused-ring (bicyclic) bond motifs is 1. The number of hydrogen-bond donors (Lipinski definition) is 2. The van der Waals surface area contributed by atoms with Crippen LogP contribution in [0.5, 0.6) is 5.75 Å². The second-order valence-electron chi connectivity index (χ2n) is 11.9. The van der Waals surface area contributed by atoms with Gasteiger partial charge in [-0.3, -0.25) is 14.7 Å². The largest absolute Gasteiger partial charge is 0.489 e. The Kier molecular flexibility index (Phi) is 14.2. The Bertz CT molecular complexity index is 1360. The van der Waals surface area contributed by atoms with E-state index in [1.165, 1.54) is 16.3 Å².